The number of aliphatic hydroxyl groups is 1. The average molecular weight is 232 g/mol. The number of hydrogen-bond acceptors (Lipinski definition) is 2. The van der Waals surface area contributed by atoms with Gasteiger partial charge in [0.1, 0.15) is 12.6 Å². The summed E-state index contributed by atoms with van der Waals surface area (Å²) < 4.78 is 0.911. The molecule has 0 amide bonds. The van der Waals surface area contributed by atoms with E-state index in [-0.39, 0.29) is 12.5 Å². The minimum Gasteiger partial charge on any atom is -0.481 e. The lowest BCUT2D eigenvalue weighted by Crippen LogP contribution is -2.51. The summed E-state index contributed by atoms with van der Waals surface area (Å²) in [6.07, 6.45) is 0.931. The molecule has 0 aliphatic carbocycles. The lowest BCUT2D eigenvalue weighted by Gasteiger charge is -2.37. The van der Waals surface area contributed by atoms with Gasteiger partial charge in [-0.1, -0.05) is 0 Å². The van der Waals surface area contributed by atoms with Gasteiger partial charge in [0.15, 0.2) is 0 Å². The first kappa shape index (κ1) is 15.4. The number of likely N-dealkylation sites (N-methyl/N-ethyl adjacent to an activating group) is 1. The maximum atomic E-state index is 10.3. The van der Waals surface area contributed by atoms with E-state index < -0.39 is 5.97 Å². The molecule has 1 unspecified atom stereocenters. The van der Waals surface area contributed by atoms with E-state index in [0.717, 1.165) is 30.7 Å². The number of aliphatic hydroxyl groups excluding tert-OH is 1. The lowest BCUT2D eigenvalue weighted by atomic mass is 10.1. The Kier molecular flexibility index (Phi) is 7.34. The lowest BCUT2D eigenvalue weighted by molar-refractivity contribution is -0.926. The Labute approximate surface area is 98.5 Å². The highest BCUT2D eigenvalue weighted by atomic mass is 16.4. The minimum absolute atomic E-state index is 0.154. The molecule has 0 heterocycles. The number of carboxylic acids is 1. The third-order valence-corrected chi connectivity index (χ3v) is 3.54. The van der Waals surface area contributed by atoms with Crippen molar-refractivity contribution in [3.8, 4) is 0 Å². The Balaban J connectivity index is 4.00. The Hall–Kier alpha value is -0.610. The SMILES string of the molecule is CC[N+](CC)(CC)CC(O)CCCC(=O)O. The number of nitrogens with zero attached hydrogens (tertiary/aromatic N) is 1. The number of carbonyl (C=O) groups is 1. The van der Waals surface area contributed by atoms with Crippen LogP contribution in [0.1, 0.15) is 40.0 Å². The van der Waals surface area contributed by atoms with E-state index in [1.807, 2.05) is 0 Å². The van der Waals surface area contributed by atoms with Crippen molar-refractivity contribution in [2.45, 2.75) is 46.1 Å². The minimum atomic E-state index is -0.783. The van der Waals surface area contributed by atoms with Crippen LogP contribution >= 0.6 is 0 Å². The number of rotatable bonds is 9. The first-order valence-electron chi connectivity index (χ1n) is 6.24. The molecule has 0 saturated carbocycles. The number of aliphatic carboxylic acids is 1. The Bertz CT molecular complexity index is 194. The van der Waals surface area contributed by atoms with Gasteiger partial charge in [-0.25, -0.2) is 0 Å². The highest BCUT2D eigenvalue weighted by Crippen LogP contribution is 2.11. The van der Waals surface area contributed by atoms with Crippen LogP contribution in [0.15, 0.2) is 0 Å². The Morgan fingerprint density at radius 1 is 1.19 bits per heavy atom. The standard InChI is InChI=1S/C12H25NO3/c1-4-13(5-2,6-3)10-11(14)8-7-9-12(15)16/h11,14H,4-10H2,1-3H3/p+1. The molecule has 0 aromatic carbocycles. The predicted octanol–water partition coefficient (Wildman–Crippen LogP) is 1.48. The van der Waals surface area contributed by atoms with Gasteiger partial charge in [0, 0.05) is 6.42 Å². The summed E-state index contributed by atoms with van der Waals surface area (Å²) in [7, 11) is 0. The molecule has 0 fully saturated rings. The second kappa shape index (κ2) is 7.63. The topological polar surface area (TPSA) is 57.5 Å². The van der Waals surface area contributed by atoms with Crippen LogP contribution in [0.4, 0.5) is 0 Å². The van der Waals surface area contributed by atoms with Crippen LogP contribution in [0.3, 0.4) is 0 Å². The second-order valence-electron chi connectivity index (χ2n) is 4.41. The van der Waals surface area contributed by atoms with Gasteiger partial charge in [0.2, 0.25) is 0 Å². The Morgan fingerprint density at radius 3 is 2.06 bits per heavy atom. The van der Waals surface area contributed by atoms with Crippen LogP contribution in [0, 0.1) is 0 Å². The average Bonchev–Trinajstić information content (AvgIpc) is 2.25. The molecule has 0 aliphatic heterocycles. The zero-order valence-electron chi connectivity index (χ0n) is 10.8. The van der Waals surface area contributed by atoms with Gasteiger partial charge in [0.25, 0.3) is 0 Å². The monoisotopic (exact) mass is 232 g/mol. The van der Waals surface area contributed by atoms with Gasteiger partial charge in [0.05, 0.1) is 19.6 Å². The summed E-state index contributed by atoms with van der Waals surface area (Å²) in [6.45, 7) is 10.2. The molecule has 0 spiro atoms. The van der Waals surface area contributed by atoms with E-state index >= 15 is 0 Å². The van der Waals surface area contributed by atoms with Crippen molar-refractivity contribution in [2.75, 3.05) is 26.2 Å². The molecule has 16 heavy (non-hydrogen) atoms. The molecule has 1 atom stereocenters. The molecule has 0 bridgehead atoms. The normalized spacial score (nSPS) is 13.8. The van der Waals surface area contributed by atoms with E-state index in [4.69, 9.17) is 5.11 Å². The molecule has 0 rings (SSSR count). The first-order chi connectivity index (χ1) is 7.49. The van der Waals surface area contributed by atoms with Crippen LogP contribution in [-0.4, -0.2) is 52.9 Å². The number of hydrogen-bond donors (Lipinski definition) is 2. The summed E-state index contributed by atoms with van der Waals surface area (Å²) in [5.74, 6) is -0.783. The van der Waals surface area contributed by atoms with Crippen molar-refractivity contribution in [3.63, 3.8) is 0 Å². The summed E-state index contributed by atoms with van der Waals surface area (Å²) in [6, 6.07) is 0. The van der Waals surface area contributed by atoms with E-state index in [1.54, 1.807) is 0 Å². The van der Waals surface area contributed by atoms with Crippen LogP contribution < -0.4 is 0 Å². The third-order valence-electron chi connectivity index (χ3n) is 3.54. The smallest absolute Gasteiger partial charge is 0.303 e. The second-order valence-corrected chi connectivity index (χ2v) is 4.41. The number of carboxylic acid groups (broad SMARTS) is 1. The molecule has 4 heteroatoms. The van der Waals surface area contributed by atoms with Gasteiger partial charge < -0.3 is 14.7 Å². The van der Waals surface area contributed by atoms with Gasteiger partial charge >= 0.3 is 5.97 Å². The zero-order valence-corrected chi connectivity index (χ0v) is 10.8. The molecule has 0 saturated heterocycles. The van der Waals surface area contributed by atoms with Crippen LogP contribution in [0.5, 0.6) is 0 Å². The van der Waals surface area contributed by atoms with Crippen LogP contribution in [0.25, 0.3) is 0 Å². The van der Waals surface area contributed by atoms with Gasteiger partial charge in [-0.15, -0.1) is 0 Å². The largest absolute Gasteiger partial charge is 0.481 e. The highest BCUT2D eigenvalue weighted by molar-refractivity contribution is 5.66. The molecule has 0 aliphatic rings. The van der Waals surface area contributed by atoms with Crippen LogP contribution in [-0.2, 0) is 4.79 Å². The van der Waals surface area contributed by atoms with Gasteiger partial charge in [-0.2, -0.15) is 0 Å². The van der Waals surface area contributed by atoms with E-state index in [0.29, 0.717) is 12.8 Å². The fourth-order valence-electron chi connectivity index (χ4n) is 2.09. The third kappa shape index (κ3) is 5.47. The van der Waals surface area contributed by atoms with Crippen molar-refractivity contribution in [2.24, 2.45) is 0 Å². The highest BCUT2D eigenvalue weighted by Gasteiger charge is 2.24. The van der Waals surface area contributed by atoms with Crippen molar-refractivity contribution < 1.29 is 19.5 Å². The predicted molar refractivity (Wildman–Crippen MR) is 64.2 cm³/mol. The van der Waals surface area contributed by atoms with Crippen molar-refractivity contribution >= 4 is 5.97 Å². The maximum Gasteiger partial charge on any atom is 0.303 e. The summed E-state index contributed by atoms with van der Waals surface area (Å²) >= 11 is 0. The van der Waals surface area contributed by atoms with E-state index in [2.05, 4.69) is 20.8 Å². The van der Waals surface area contributed by atoms with Crippen molar-refractivity contribution in [1.82, 2.24) is 0 Å². The molecule has 0 aromatic rings. The molecule has 96 valence electrons. The Morgan fingerprint density at radius 2 is 1.69 bits per heavy atom. The van der Waals surface area contributed by atoms with E-state index in [9.17, 15) is 9.90 Å². The molecule has 2 N–H and O–H groups in total. The molecule has 0 radical (unpaired) electrons. The summed E-state index contributed by atoms with van der Waals surface area (Å²) in [5, 5.41) is 18.4. The quantitative estimate of drug-likeness (QED) is 0.592. The summed E-state index contributed by atoms with van der Waals surface area (Å²) in [5.41, 5.74) is 0. The van der Waals surface area contributed by atoms with Crippen molar-refractivity contribution in [3.05, 3.63) is 0 Å². The summed E-state index contributed by atoms with van der Waals surface area (Å²) in [4.78, 5) is 10.3. The van der Waals surface area contributed by atoms with E-state index in [1.165, 1.54) is 0 Å². The van der Waals surface area contributed by atoms with Gasteiger partial charge in [-0.05, 0) is 33.6 Å². The van der Waals surface area contributed by atoms with Gasteiger partial charge in [-0.3, -0.25) is 4.79 Å². The molecule has 4 nitrogen and oxygen atoms in total. The molecular weight excluding hydrogens is 206 g/mol. The van der Waals surface area contributed by atoms with Crippen molar-refractivity contribution in [1.29, 1.82) is 0 Å². The fourth-order valence-corrected chi connectivity index (χ4v) is 2.09. The molecular formula is C12H26NO3+. The number of quaternary nitrogens is 1. The fraction of sp³-hybridized carbons (Fsp3) is 0.917. The maximum absolute atomic E-state index is 10.3. The van der Waals surface area contributed by atoms with Crippen LogP contribution in [0.2, 0.25) is 0 Å². The molecule has 0 aromatic heterocycles. The zero-order chi connectivity index (χ0) is 12.6. The first-order valence-corrected chi connectivity index (χ1v) is 6.24.